The quantitative estimate of drug-likeness (QED) is 0.312. The number of hydrogen-bond donors (Lipinski definition) is 2. The van der Waals surface area contributed by atoms with E-state index in [1.165, 1.54) is 0 Å². The third-order valence-corrected chi connectivity index (χ3v) is 4.57. The SMILES string of the molecule is CCOc1cccc(OCC(O)CCCC(C/C=C\CCCC(=O)O)C(C)=O)c1. The van der Waals surface area contributed by atoms with Crippen molar-refractivity contribution < 1.29 is 29.3 Å². The number of aliphatic hydroxyl groups is 1. The number of ether oxygens (including phenoxy) is 2. The van der Waals surface area contributed by atoms with E-state index in [0.717, 1.165) is 12.2 Å². The first-order valence-corrected chi connectivity index (χ1v) is 10.3. The maximum Gasteiger partial charge on any atom is 0.303 e. The zero-order valence-electron chi connectivity index (χ0n) is 17.5. The van der Waals surface area contributed by atoms with Gasteiger partial charge in [-0.15, -0.1) is 0 Å². The van der Waals surface area contributed by atoms with Crippen molar-refractivity contribution in [3.05, 3.63) is 36.4 Å². The Kier molecular flexibility index (Phi) is 12.5. The van der Waals surface area contributed by atoms with Crippen LogP contribution in [0.4, 0.5) is 0 Å². The second-order valence-corrected chi connectivity index (χ2v) is 7.10. The molecule has 2 unspecified atom stereocenters. The molecule has 162 valence electrons. The Hall–Kier alpha value is -2.34. The van der Waals surface area contributed by atoms with Crippen LogP contribution in [0.3, 0.4) is 0 Å². The molecule has 1 aromatic carbocycles. The summed E-state index contributed by atoms with van der Waals surface area (Å²) in [5.41, 5.74) is 0. The third-order valence-electron chi connectivity index (χ3n) is 4.57. The lowest BCUT2D eigenvalue weighted by Gasteiger charge is -2.15. The summed E-state index contributed by atoms with van der Waals surface area (Å²) < 4.78 is 11.1. The zero-order valence-corrected chi connectivity index (χ0v) is 17.5. The largest absolute Gasteiger partial charge is 0.494 e. The molecule has 0 saturated heterocycles. The highest BCUT2D eigenvalue weighted by Crippen LogP contribution is 2.20. The van der Waals surface area contributed by atoms with Crippen molar-refractivity contribution in [2.45, 2.75) is 64.9 Å². The summed E-state index contributed by atoms with van der Waals surface area (Å²) in [6.07, 6.45) is 7.45. The van der Waals surface area contributed by atoms with Gasteiger partial charge in [0.05, 0.1) is 12.7 Å². The molecule has 1 aromatic rings. The van der Waals surface area contributed by atoms with Gasteiger partial charge in [0, 0.05) is 18.4 Å². The summed E-state index contributed by atoms with van der Waals surface area (Å²) in [5.74, 6) is 0.675. The van der Waals surface area contributed by atoms with Crippen molar-refractivity contribution in [1.29, 1.82) is 0 Å². The molecule has 0 aromatic heterocycles. The standard InChI is InChI=1S/C23H34O6/c1-3-28-21-13-9-14-22(16-21)29-17-20(25)12-8-11-19(18(2)24)10-6-4-5-7-15-23(26)27/h4,6,9,13-14,16,19-20,25H,3,5,7-8,10-12,15,17H2,1-2H3,(H,26,27)/b6-4-. The van der Waals surface area contributed by atoms with Crippen LogP contribution < -0.4 is 9.47 Å². The van der Waals surface area contributed by atoms with Gasteiger partial charge < -0.3 is 19.7 Å². The molecule has 0 spiro atoms. The van der Waals surface area contributed by atoms with Crippen LogP contribution in [0.25, 0.3) is 0 Å². The number of carbonyl (C=O) groups excluding carboxylic acids is 1. The van der Waals surface area contributed by atoms with Gasteiger partial charge in [-0.05, 0) is 58.1 Å². The molecule has 6 heteroatoms. The number of carboxylic acid groups (broad SMARTS) is 1. The number of Topliss-reactive ketones (excluding diaryl/α,β-unsaturated/α-hetero) is 1. The lowest BCUT2D eigenvalue weighted by molar-refractivity contribution is -0.137. The average Bonchev–Trinajstić information content (AvgIpc) is 2.67. The second kappa shape index (κ2) is 14.6. The van der Waals surface area contributed by atoms with Crippen molar-refractivity contribution in [3.63, 3.8) is 0 Å². The highest BCUT2D eigenvalue weighted by atomic mass is 16.5. The highest BCUT2D eigenvalue weighted by molar-refractivity contribution is 5.78. The van der Waals surface area contributed by atoms with Crippen LogP contribution in [-0.4, -0.2) is 41.3 Å². The van der Waals surface area contributed by atoms with E-state index >= 15 is 0 Å². The Labute approximate surface area is 173 Å². The second-order valence-electron chi connectivity index (χ2n) is 7.10. The maximum atomic E-state index is 11.8. The van der Waals surface area contributed by atoms with Crippen molar-refractivity contribution in [3.8, 4) is 11.5 Å². The fourth-order valence-corrected chi connectivity index (χ4v) is 2.93. The molecule has 2 atom stereocenters. The summed E-state index contributed by atoms with van der Waals surface area (Å²) in [5, 5.41) is 18.8. The predicted molar refractivity (Wildman–Crippen MR) is 112 cm³/mol. The molecular weight excluding hydrogens is 372 g/mol. The third kappa shape index (κ3) is 12.0. The van der Waals surface area contributed by atoms with Gasteiger partial charge in [-0.3, -0.25) is 9.59 Å². The van der Waals surface area contributed by atoms with Gasteiger partial charge in [-0.1, -0.05) is 24.6 Å². The smallest absolute Gasteiger partial charge is 0.303 e. The Morgan fingerprint density at radius 2 is 1.83 bits per heavy atom. The minimum atomic E-state index is -0.787. The van der Waals surface area contributed by atoms with Crippen molar-refractivity contribution in [2.75, 3.05) is 13.2 Å². The molecule has 0 aliphatic heterocycles. The summed E-state index contributed by atoms with van der Waals surface area (Å²) >= 11 is 0. The van der Waals surface area contributed by atoms with Gasteiger partial charge in [0.1, 0.15) is 23.9 Å². The molecule has 0 aliphatic rings. The number of allylic oxidation sites excluding steroid dienone is 2. The predicted octanol–water partition coefficient (Wildman–Crippen LogP) is 4.40. The zero-order chi connectivity index (χ0) is 21.5. The first-order chi connectivity index (χ1) is 13.9. The van der Waals surface area contributed by atoms with Crippen LogP contribution in [0.2, 0.25) is 0 Å². The van der Waals surface area contributed by atoms with Crippen molar-refractivity contribution in [2.24, 2.45) is 5.92 Å². The average molecular weight is 407 g/mol. The number of carbonyl (C=O) groups is 2. The van der Waals surface area contributed by atoms with Crippen LogP contribution in [0, 0.1) is 5.92 Å². The molecule has 0 aliphatic carbocycles. The van der Waals surface area contributed by atoms with E-state index in [4.69, 9.17) is 14.6 Å². The Morgan fingerprint density at radius 1 is 1.10 bits per heavy atom. The number of ketones is 1. The molecule has 0 amide bonds. The van der Waals surface area contributed by atoms with Gasteiger partial charge in [0.15, 0.2) is 0 Å². The number of carboxylic acids is 1. The van der Waals surface area contributed by atoms with E-state index < -0.39 is 12.1 Å². The molecule has 0 saturated carbocycles. The van der Waals surface area contributed by atoms with Gasteiger partial charge in [-0.2, -0.15) is 0 Å². The van der Waals surface area contributed by atoms with E-state index in [0.29, 0.717) is 44.5 Å². The summed E-state index contributed by atoms with van der Waals surface area (Å²) in [6.45, 7) is 4.29. The van der Waals surface area contributed by atoms with Crippen molar-refractivity contribution in [1.82, 2.24) is 0 Å². The van der Waals surface area contributed by atoms with Crippen LogP contribution in [0.1, 0.15) is 58.8 Å². The molecule has 0 heterocycles. The fourth-order valence-electron chi connectivity index (χ4n) is 2.93. The first kappa shape index (κ1) is 24.7. The van der Waals surface area contributed by atoms with E-state index in [9.17, 15) is 14.7 Å². The van der Waals surface area contributed by atoms with E-state index in [1.54, 1.807) is 13.0 Å². The van der Waals surface area contributed by atoms with Crippen LogP contribution in [0.5, 0.6) is 11.5 Å². The van der Waals surface area contributed by atoms with E-state index in [2.05, 4.69) is 0 Å². The maximum absolute atomic E-state index is 11.8. The van der Waals surface area contributed by atoms with E-state index in [-0.39, 0.29) is 24.7 Å². The minimum absolute atomic E-state index is 0.0679. The lowest BCUT2D eigenvalue weighted by atomic mass is 9.93. The molecule has 0 bridgehead atoms. The monoisotopic (exact) mass is 406 g/mol. The van der Waals surface area contributed by atoms with Crippen LogP contribution in [0.15, 0.2) is 36.4 Å². The normalized spacial score (nSPS) is 13.2. The number of aliphatic carboxylic acids is 1. The van der Waals surface area contributed by atoms with Gasteiger partial charge in [0.2, 0.25) is 0 Å². The number of benzene rings is 1. The number of hydrogen-bond acceptors (Lipinski definition) is 5. The summed E-state index contributed by atoms with van der Waals surface area (Å²) in [4.78, 5) is 22.3. The van der Waals surface area contributed by atoms with Gasteiger partial charge in [0.25, 0.3) is 0 Å². The van der Waals surface area contributed by atoms with Crippen LogP contribution >= 0.6 is 0 Å². The molecule has 2 N–H and O–H groups in total. The van der Waals surface area contributed by atoms with Gasteiger partial charge in [-0.25, -0.2) is 0 Å². The Morgan fingerprint density at radius 3 is 2.48 bits per heavy atom. The van der Waals surface area contributed by atoms with E-state index in [1.807, 2.05) is 37.3 Å². The molecule has 1 rings (SSSR count). The number of unbranched alkanes of at least 4 members (excludes halogenated alkanes) is 1. The topological polar surface area (TPSA) is 93.1 Å². The minimum Gasteiger partial charge on any atom is -0.494 e. The first-order valence-electron chi connectivity index (χ1n) is 10.3. The lowest BCUT2D eigenvalue weighted by Crippen LogP contribution is -2.18. The highest BCUT2D eigenvalue weighted by Gasteiger charge is 2.14. The molecule has 6 nitrogen and oxygen atoms in total. The van der Waals surface area contributed by atoms with Crippen molar-refractivity contribution >= 4 is 11.8 Å². The summed E-state index contributed by atoms with van der Waals surface area (Å²) in [7, 11) is 0. The fraction of sp³-hybridized carbons (Fsp3) is 0.565. The Bertz CT molecular complexity index is 640. The molecule has 29 heavy (non-hydrogen) atoms. The number of aliphatic hydroxyl groups excluding tert-OH is 1. The van der Waals surface area contributed by atoms with Crippen LogP contribution in [-0.2, 0) is 9.59 Å². The molecular formula is C23H34O6. The summed E-state index contributed by atoms with van der Waals surface area (Å²) in [6, 6.07) is 7.32. The molecule has 0 fully saturated rings. The molecule has 0 radical (unpaired) electrons. The Balaban J connectivity index is 2.27. The number of rotatable bonds is 16. The van der Waals surface area contributed by atoms with Gasteiger partial charge >= 0.3 is 5.97 Å².